The van der Waals surface area contributed by atoms with E-state index in [2.05, 4.69) is 10.9 Å². The van der Waals surface area contributed by atoms with Gasteiger partial charge in [0.2, 0.25) is 0 Å². The number of primary amides is 1. The van der Waals surface area contributed by atoms with Crippen molar-refractivity contribution in [3.05, 3.63) is 0 Å². The summed E-state index contributed by atoms with van der Waals surface area (Å²) in [6.07, 6.45) is 3.70. The van der Waals surface area contributed by atoms with Crippen molar-refractivity contribution in [2.45, 2.75) is 24.6 Å². The lowest BCUT2D eigenvalue weighted by Crippen LogP contribution is -2.44. The summed E-state index contributed by atoms with van der Waals surface area (Å²) in [5, 5.41) is 0.357. The summed E-state index contributed by atoms with van der Waals surface area (Å²) in [4.78, 5) is 10.4. The second-order valence-corrected chi connectivity index (χ2v) is 4.82. The number of urea groups is 1. The van der Waals surface area contributed by atoms with Gasteiger partial charge in [0.1, 0.15) is 0 Å². The van der Waals surface area contributed by atoms with Crippen LogP contribution in [0.3, 0.4) is 0 Å². The van der Waals surface area contributed by atoms with Gasteiger partial charge in [-0.15, -0.1) is 11.6 Å². The van der Waals surface area contributed by atoms with Crippen LogP contribution < -0.4 is 16.6 Å². The predicted molar refractivity (Wildman–Crippen MR) is 54.7 cm³/mol. The molecule has 0 unspecified atom stereocenters. The molecule has 4 nitrogen and oxygen atoms in total. The highest BCUT2D eigenvalue weighted by Crippen LogP contribution is 2.50. The van der Waals surface area contributed by atoms with Crippen molar-refractivity contribution in [3.63, 3.8) is 0 Å². The highest BCUT2D eigenvalue weighted by molar-refractivity contribution is 6.21. The van der Waals surface area contributed by atoms with Crippen LogP contribution in [0.2, 0.25) is 0 Å². The van der Waals surface area contributed by atoms with Crippen LogP contribution in [0.15, 0.2) is 0 Å². The molecule has 2 saturated carbocycles. The SMILES string of the molecule is NC(=O)NNC[C@@H]1C[C@H]2CC[C@H]1[C@H]2Cl. The predicted octanol–water partition coefficient (Wildman–Crippen LogP) is 0.813. The topological polar surface area (TPSA) is 67.2 Å². The quantitative estimate of drug-likeness (QED) is 0.484. The second kappa shape index (κ2) is 3.95. The Balaban J connectivity index is 1.75. The molecule has 0 spiro atoms. The molecule has 4 atom stereocenters. The average molecular weight is 218 g/mol. The second-order valence-electron chi connectivity index (χ2n) is 4.31. The van der Waals surface area contributed by atoms with E-state index in [9.17, 15) is 4.79 Å². The lowest BCUT2D eigenvalue weighted by molar-refractivity contribution is 0.240. The van der Waals surface area contributed by atoms with E-state index >= 15 is 0 Å². The van der Waals surface area contributed by atoms with Crippen LogP contribution in [0.5, 0.6) is 0 Å². The molecule has 14 heavy (non-hydrogen) atoms. The smallest absolute Gasteiger partial charge is 0.326 e. The summed E-state index contributed by atoms with van der Waals surface area (Å²) in [6, 6.07) is -0.532. The van der Waals surface area contributed by atoms with Gasteiger partial charge in [0.25, 0.3) is 0 Å². The highest BCUT2D eigenvalue weighted by Gasteiger charge is 2.46. The molecule has 0 saturated heterocycles. The van der Waals surface area contributed by atoms with Crippen molar-refractivity contribution in [3.8, 4) is 0 Å². The van der Waals surface area contributed by atoms with Crippen molar-refractivity contribution in [2.75, 3.05) is 6.54 Å². The van der Waals surface area contributed by atoms with Crippen molar-refractivity contribution in [1.82, 2.24) is 10.9 Å². The zero-order chi connectivity index (χ0) is 10.1. The minimum absolute atomic E-state index is 0.357. The van der Waals surface area contributed by atoms with Gasteiger partial charge in [-0.25, -0.2) is 10.2 Å². The van der Waals surface area contributed by atoms with Crippen LogP contribution in [0, 0.1) is 17.8 Å². The van der Waals surface area contributed by atoms with Gasteiger partial charge in [-0.1, -0.05) is 0 Å². The maximum Gasteiger partial charge on any atom is 0.326 e. The summed E-state index contributed by atoms with van der Waals surface area (Å²) < 4.78 is 0. The van der Waals surface area contributed by atoms with Crippen LogP contribution in [-0.2, 0) is 0 Å². The van der Waals surface area contributed by atoms with Crippen molar-refractivity contribution in [2.24, 2.45) is 23.5 Å². The fraction of sp³-hybridized carbons (Fsp3) is 0.889. The van der Waals surface area contributed by atoms with Gasteiger partial charge < -0.3 is 5.73 Å². The van der Waals surface area contributed by atoms with E-state index in [1.807, 2.05) is 0 Å². The van der Waals surface area contributed by atoms with Crippen LogP contribution in [0.25, 0.3) is 0 Å². The van der Waals surface area contributed by atoms with E-state index in [1.54, 1.807) is 0 Å². The summed E-state index contributed by atoms with van der Waals surface area (Å²) in [5.74, 6) is 1.92. The lowest BCUT2D eigenvalue weighted by Gasteiger charge is -2.21. The maximum atomic E-state index is 10.4. The average Bonchev–Trinajstić information content (AvgIpc) is 2.61. The number of carbonyl (C=O) groups is 1. The minimum Gasteiger partial charge on any atom is -0.351 e. The number of alkyl halides is 1. The molecule has 2 fully saturated rings. The number of amides is 2. The molecule has 0 aromatic carbocycles. The van der Waals surface area contributed by atoms with E-state index < -0.39 is 6.03 Å². The van der Waals surface area contributed by atoms with Gasteiger partial charge >= 0.3 is 6.03 Å². The Morgan fingerprint density at radius 2 is 2.29 bits per heavy atom. The van der Waals surface area contributed by atoms with Gasteiger partial charge in [0.05, 0.1) is 0 Å². The number of hydrogen-bond donors (Lipinski definition) is 3. The first-order chi connectivity index (χ1) is 6.68. The first-order valence-corrected chi connectivity index (χ1v) is 5.54. The number of hydrogen-bond acceptors (Lipinski definition) is 2. The van der Waals surface area contributed by atoms with E-state index in [0.717, 1.165) is 6.54 Å². The number of nitrogens with two attached hydrogens (primary N) is 1. The molecular weight excluding hydrogens is 202 g/mol. The third-order valence-corrected chi connectivity index (χ3v) is 4.20. The molecule has 2 aliphatic rings. The largest absolute Gasteiger partial charge is 0.351 e. The molecule has 2 bridgehead atoms. The van der Waals surface area contributed by atoms with Crippen LogP contribution in [0.4, 0.5) is 4.79 Å². The summed E-state index contributed by atoms with van der Waals surface area (Å²) in [5.41, 5.74) is 10.2. The van der Waals surface area contributed by atoms with Gasteiger partial charge in [0.15, 0.2) is 0 Å². The molecule has 2 rings (SSSR count). The third kappa shape index (κ3) is 1.81. The zero-order valence-corrected chi connectivity index (χ0v) is 8.76. The zero-order valence-electron chi connectivity index (χ0n) is 8.00. The fourth-order valence-corrected chi connectivity index (χ4v) is 3.45. The molecule has 0 aromatic heterocycles. The molecule has 0 heterocycles. The first kappa shape index (κ1) is 10.1. The van der Waals surface area contributed by atoms with Gasteiger partial charge in [0, 0.05) is 11.9 Å². The van der Waals surface area contributed by atoms with Crippen LogP contribution in [-0.4, -0.2) is 18.0 Å². The van der Waals surface area contributed by atoms with Gasteiger partial charge in [-0.2, -0.15) is 0 Å². The molecule has 5 heteroatoms. The molecule has 80 valence electrons. The van der Waals surface area contributed by atoms with Crippen LogP contribution in [0.1, 0.15) is 19.3 Å². The fourth-order valence-electron chi connectivity index (χ4n) is 2.89. The molecule has 0 aromatic rings. The Labute approximate surface area is 88.5 Å². The number of rotatable bonds is 3. The van der Waals surface area contributed by atoms with Crippen molar-refractivity contribution in [1.29, 1.82) is 0 Å². The molecule has 0 aliphatic heterocycles. The number of nitrogens with one attached hydrogen (secondary N) is 2. The Morgan fingerprint density at radius 3 is 2.79 bits per heavy atom. The number of fused-ring (bicyclic) bond motifs is 2. The first-order valence-electron chi connectivity index (χ1n) is 5.11. The van der Waals surface area contributed by atoms with Crippen molar-refractivity contribution < 1.29 is 4.79 Å². The molecule has 2 amide bonds. The summed E-state index contributed by atoms with van der Waals surface area (Å²) >= 11 is 6.27. The number of hydrazine groups is 1. The highest BCUT2D eigenvalue weighted by atomic mass is 35.5. The minimum atomic E-state index is -0.532. The molecule has 2 aliphatic carbocycles. The summed E-state index contributed by atoms with van der Waals surface area (Å²) in [6.45, 7) is 0.785. The molecule has 4 N–H and O–H groups in total. The van der Waals surface area contributed by atoms with Crippen molar-refractivity contribution >= 4 is 17.6 Å². The molecular formula is C9H16ClN3O. The van der Waals surface area contributed by atoms with E-state index in [1.165, 1.54) is 19.3 Å². The lowest BCUT2D eigenvalue weighted by atomic mass is 9.89. The monoisotopic (exact) mass is 217 g/mol. The maximum absolute atomic E-state index is 10.4. The standard InChI is InChI=1S/C9H16ClN3O/c10-8-5-1-2-7(8)6(3-5)4-12-13-9(11)14/h5-8,12H,1-4H2,(H3,11,13,14)/t5-,6+,7-,8+/m1/s1. The Hall–Kier alpha value is -0.480. The number of carbonyl (C=O) groups excluding carboxylic acids is 1. The van der Waals surface area contributed by atoms with E-state index in [0.29, 0.717) is 23.1 Å². The van der Waals surface area contributed by atoms with E-state index in [-0.39, 0.29) is 0 Å². The normalized spacial score (nSPS) is 40.1. The number of halogens is 1. The summed E-state index contributed by atoms with van der Waals surface area (Å²) in [7, 11) is 0. The Bertz CT molecular complexity index is 236. The van der Waals surface area contributed by atoms with Gasteiger partial charge in [-0.3, -0.25) is 5.43 Å². The van der Waals surface area contributed by atoms with Gasteiger partial charge in [-0.05, 0) is 37.0 Å². The molecule has 0 radical (unpaired) electrons. The van der Waals surface area contributed by atoms with Crippen LogP contribution >= 0.6 is 11.6 Å². The van der Waals surface area contributed by atoms with E-state index in [4.69, 9.17) is 17.3 Å². The Morgan fingerprint density at radius 1 is 1.50 bits per heavy atom. The third-order valence-electron chi connectivity index (χ3n) is 3.52. The Kier molecular flexibility index (Phi) is 2.83.